The van der Waals surface area contributed by atoms with Crippen LogP contribution in [0.4, 0.5) is 5.69 Å². The highest BCUT2D eigenvalue weighted by atomic mass is 28.4. The molecule has 4 heterocycles. The van der Waals surface area contributed by atoms with E-state index in [-0.39, 0.29) is 35.3 Å². The van der Waals surface area contributed by atoms with E-state index in [1.54, 1.807) is 46.3 Å². The number of nitrogens with zero attached hydrogens (tertiary/aromatic N) is 5. The van der Waals surface area contributed by atoms with Gasteiger partial charge in [0.25, 0.3) is 11.5 Å². The average molecular weight is 580 g/mol. The van der Waals surface area contributed by atoms with E-state index >= 15 is 0 Å². The summed E-state index contributed by atoms with van der Waals surface area (Å²) in [7, 11) is -1.40. The number of hydrogen-bond acceptors (Lipinski definition) is 8. The van der Waals surface area contributed by atoms with E-state index in [0.717, 1.165) is 0 Å². The Hall–Kier alpha value is -3.58. The van der Waals surface area contributed by atoms with Gasteiger partial charge in [0, 0.05) is 61.2 Å². The van der Waals surface area contributed by atoms with Crippen molar-refractivity contribution >= 4 is 19.9 Å². The molecule has 2 aromatic heterocycles. The number of pyridine rings is 1. The zero-order valence-electron chi connectivity index (χ0n) is 23.9. The number of carbonyl (C=O) groups is 1. The van der Waals surface area contributed by atoms with E-state index in [4.69, 9.17) is 9.47 Å². The molecular weight excluding hydrogens is 542 g/mol. The number of aliphatic hydroxyl groups excluding tert-OH is 1. The molecule has 12 heteroatoms. The van der Waals surface area contributed by atoms with Crippen LogP contribution >= 0.6 is 0 Å². The van der Waals surface area contributed by atoms with Crippen molar-refractivity contribution in [3.63, 3.8) is 0 Å². The fourth-order valence-electron chi connectivity index (χ4n) is 6.56. The van der Waals surface area contributed by atoms with Gasteiger partial charge in [-0.15, -0.1) is 11.7 Å². The zero-order valence-corrected chi connectivity index (χ0v) is 24.9. The summed E-state index contributed by atoms with van der Waals surface area (Å²) in [6, 6.07) is 8.82. The van der Waals surface area contributed by atoms with Crippen LogP contribution in [0.3, 0.4) is 0 Å². The molecule has 0 unspecified atom stereocenters. The second-order valence-electron chi connectivity index (χ2n) is 11.3. The summed E-state index contributed by atoms with van der Waals surface area (Å²) >= 11 is 0. The molecule has 218 valence electrons. The SMILES string of the molecule is C=CCN1C(=O)[C@]2(O[C@H](CCn3cc(CCO)nn3)[C@@H]([Si](C)(C)O)[C@@H]2C)c2cc(-n3cccc(OC)c3=O)ccc21. The first-order chi connectivity index (χ1) is 19.6. The van der Waals surface area contributed by atoms with Gasteiger partial charge in [-0.3, -0.25) is 18.8 Å². The van der Waals surface area contributed by atoms with Crippen LogP contribution in [0.1, 0.15) is 24.6 Å². The number of aromatic nitrogens is 4. The largest absolute Gasteiger partial charge is 0.491 e. The first-order valence-electron chi connectivity index (χ1n) is 13.8. The van der Waals surface area contributed by atoms with E-state index in [1.165, 1.54) is 11.7 Å². The third-order valence-corrected chi connectivity index (χ3v) is 10.8. The van der Waals surface area contributed by atoms with Crippen molar-refractivity contribution in [2.24, 2.45) is 5.92 Å². The highest BCUT2D eigenvalue weighted by molar-refractivity contribution is 6.71. The molecule has 2 aliphatic heterocycles. The monoisotopic (exact) mass is 579 g/mol. The summed E-state index contributed by atoms with van der Waals surface area (Å²) < 4.78 is 15.3. The number of rotatable bonds is 10. The molecule has 0 bridgehead atoms. The van der Waals surface area contributed by atoms with Gasteiger partial charge in [0.1, 0.15) is 0 Å². The van der Waals surface area contributed by atoms with Crippen LogP contribution in [0.15, 0.2) is 60.2 Å². The van der Waals surface area contributed by atoms with Crippen LogP contribution in [-0.2, 0) is 28.1 Å². The van der Waals surface area contributed by atoms with Gasteiger partial charge in [-0.2, -0.15) is 0 Å². The Kier molecular flexibility index (Phi) is 7.77. The van der Waals surface area contributed by atoms with Crippen LogP contribution < -0.4 is 15.2 Å². The van der Waals surface area contributed by atoms with Crippen molar-refractivity contribution in [2.45, 2.75) is 56.7 Å². The number of aryl methyl sites for hydroxylation is 1. The second kappa shape index (κ2) is 11.0. The number of amides is 1. The number of anilines is 1. The molecule has 2 N–H and O–H groups in total. The van der Waals surface area contributed by atoms with E-state index < -0.39 is 20.0 Å². The Labute approximate surface area is 239 Å². The highest BCUT2D eigenvalue weighted by Crippen LogP contribution is 2.59. The summed E-state index contributed by atoms with van der Waals surface area (Å²) in [6.45, 7) is 10.4. The Bertz CT molecular complexity index is 1510. The number of aliphatic hydroxyl groups is 1. The van der Waals surface area contributed by atoms with Gasteiger partial charge in [0.2, 0.25) is 0 Å². The van der Waals surface area contributed by atoms with Crippen LogP contribution in [-0.4, -0.2) is 70.1 Å². The fraction of sp³-hybridized carbons (Fsp3) is 0.448. The lowest BCUT2D eigenvalue weighted by molar-refractivity contribution is -0.145. The molecule has 3 aromatic rings. The first-order valence-corrected chi connectivity index (χ1v) is 16.8. The number of methoxy groups -OCH3 is 1. The number of benzene rings is 1. The maximum Gasteiger partial charge on any atom is 0.297 e. The lowest BCUT2D eigenvalue weighted by atomic mass is 9.82. The normalized spacial score (nSPS) is 23.8. The summed E-state index contributed by atoms with van der Waals surface area (Å²) in [5, 5.41) is 17.5. The fourth-order valence-corrected chi connectivity index (χ4v) is 9.17. The van der Waals surface area contributed by atoms with E-state index in [1.807, 2.05) is 32.2 Å². The molecule has 0 aliphatic carbocycles. The number of hydrogen-bond donors (Lipinski definition) is 2. The van der Waals surface area contributed by atoms with Crippen LogP contribution in [0.25, 0.3) is 5.69 Å². The second-order valence-corrected chi connectivity index (χ2v) is 15.2. The van der Waals surface area contributed by atoms with E-state index in [0.29, 0.717) is 48.6 Å². The summed E-state index contributed by atoms with van der Waals surface area (Å²) in [4.78, 5) is 40.6. The van der Waals surface area contributed by atoms with Crippen LogP contribution in [0.5, 0.6) is 5.75 Å². The van der Waals surface area contributed by atoms with E-state index in [9.17, 15) is 19.5 Å². The smallest absolute Gasteiger partial charge is 0.297 e. The van der Waals surface area contributed by atoms with Crippen molar-refractivity contribution in [1.29, 1.82) is 0 Å². The molecule has 5 rings (SSSR count). The maximum atomic E-state index is 14.3. The molecule has 1 amide bonds. The van der Waals surface area contributed by atoms with Gasteiger partial charge >= 0.3 is 0 Å². The minimum atomic E-state index is -2.85. The van der Waals surface area contributed by atoms with Gasteiger partial charge in [-0.1, -0.05) is 18.2 Å². The van der Waals surface area contributed by atoms with Gasteiger partial charge in [-0.25, -0.2) is 0 Å². The Morgan fingerprint density at radius 2 is 2.05 bits per heavy atom. The predicted molar refractivity (Wildman–Crippen MR) is 156 cm³/mol. The number of carbonyl (C=O) groups excluding carboxylic acids is 1. The molecule has 4 atom stereocenters. The molecule has 1 saturated heterocycles. The van der Waals surface area contributed by atoms with Crippen molar-refractivity contribution in [3.05, 3.63) is 77.0 Å². The third-order valence-electron chi connectivity index (χ3n) is 8.29. The quantitative estimate of drug-likeness (QED) is 0.277. The summed E-state index contributed by atoms with van der Waals surface area (Å²) in [5.74, 6) is -0.342. The van der Waals surface area contributed by atoms with Gasteiger partial charge in [-0.05, 0) is 49.8 Å². The lowest BCUT2D eigenvalue weighted by Gasteiger charge is -2.32. The minimum absolute atomic E-state index is 0.0105. The highest BCUT2D eigenvalue weighted by Gasteiger charge is 2.66. The third kappa shape index (κ3) is 4.84. The molecule has 1 spiro atoms. The topological polar surface area (TPSA) is 132 Å². The van der Waals surface area contributed by atoms with Crippen LogP contribution in [0, 0.1) is 5.92 Å². The molecule has 2 aliphatic rings. The van der Waals surface area contributed by atoms with Crippen molar-refractivity contribution < 1.29 is 24.2 Å². The lowest BCUT2D eigenvalue weighted by Crippen LogP contribution is -2.46. The summed E-state index contributed by atoms with van der Waals surface area (Å²) in [6.07, 6.45) is 5.63. The van der Waals surface area contributed by atoms with Gasteiger partial charge < -0.3 is 24.3 Å². The minimum Gasteiger partial charge on any atom is -0.491 e. The van der Waals surface area contributed by atoms with Crippen molar-refractivity contribution in [1.82, 2.24) is 19.6 Å². The molecule has 1 aromatic carbocycles. The summed E-state index contributed by atoms with van der Waals surface area (Å²) in [5.41, 5.74) is 0.720. The number of ether oxygens (including phenoxy) is 2. The molecule has 0 saturated carbocycles. The molecule has 11 nitrogen and oxygen atoms in total. The molecule has 0 radical (unpaired) electrons. The molecular formula is C29H37N5O6Si. The van der Waals surface area contributed by atoms with Crippen molar-refractivity contribution in [3.8, 4) is 11.4 Å². The Morgan fingerprint density at radius 1 is 1.27 bits per heavy atom. The standard InChI is InChI=1S/C29H37N5O6Si/c1-6-13-34-23-10-9-21(33-14-7-8-25(39-3)27(33)36)17-22(23)29(28(34)37)19(2)26(41(4,5)38)24(40-29)11-15-32-18-20(12-16-35)30-31-32/h6-10,14,17-19,24,26,35,38H,1,11-13,15-16H2,2-5H3/t19-,24+,26-,29+/m0/s1. The molecule has 41 heavy (non-hydrogen) atoms. The van der Waals surface area contributed by atoms with Gasteiger partial charge in [0.15, 0.2) is 19.7 Å². The first kappa shape index (κ1) is 28.9. The van der Waals surface area contributed by atoms with Gasteiger partial charge in [0.05, 0.1) is 24.6 Å². The Balaban J connectivity index is 1.59. The predicted octanol–water partition coefficient (Wildman–Crippen LogP) is 2.39. The Morgan fingerprint density at radius 3 is 2.73 bits per heavy atom. The number of fused-ring (bicyclic) bond motifs is 2. The zero-order chi connectivity index (χ0) is 29.5. The van der Waals surface area contributed by atoms with E-state index in [2.05, 4.69) is 16.9 Å². The van der Waals surface area contributed by atoms with Crippen molar-refractivity contribution in [2.75, 3.05) is 25.2 Å². The average Bonchev–Trinajstić information content (AvgIpc) is 3.58. The molecule has 1 fully saturated rings. The van der Waals surface area contributed by atoms with Crippen LogP contribution in [0.2, 0.25) is 18.6 Å². The maximum absolute atomic E-state index is 14.3.